The Morgan fingerprint density at radius 1 is 1.16 bits per heavy atom. The van der Waals surface area contributed by atoms with Crippen molar-refractivity contribution in [2.24, 2.45) is 5.92 Å². The smallest absolute Gasteiger partial charge is 0.119 e. The number of methoxy groups -OCH3 is 1. The molecule has 1 N–H and O–H groups in total. The van der Waals surface area contributed by atoms with Gasteiger partial charge in [-0.3, -0.25) is 0 Å². The molecule has 0 aliphatic carbocycles. The topological polar surface area (TPSA) is 21.3 Å². The predicted molar refractivity (Wildman–Crippen MR) is 83.0 cm³/mol. The minimum absolute atomic E-state index is 0.580. The van der Waals surface area contributed by atoms with E-state index in [1.165, 1.54) is 24.8 Å². The Balaban J connectivity index is 2.86. The van der Waals surface area contributed by atoms with Gasteiger partial charge >= 0.3 is 0 Å². The van der Waals surface area contributed by atoms with Crippen LogP contribution in [0.5, 0.6) is 5.75 Å². The zero-order valence-corrected chi connectivity index (χ0v) is 12.9. The van der Waals surface area contributed by atoms with Gasteiger partial charge in [0.1, 0.15) is 5.75 Å². The van der Waals surface area contributed by atoms with Gasteiger partial charge in [-0.1, -0.05) is 45.7 Å². The third-order valence-electron chi connectivity index (χ3n) is 3.93. The molecule has 0 aliphatic heterocycles. The van der Waals surface area contributed by atoms with Crippen molar-refractivity contribution in [3.63, 3.8) is 0 Å². The molecule has 19 heavy (non-hydrogen) atoms. The van der Waals surface area contributed by atoms with Crippen molar-refractivity contribution in [3.05, 3.63) is 29.8 Å². The molecule has 2 nitrogen and oxygen atoms in total. The van der Waals surface area contributed by atoms with Crippen molar-refractivity contribution in [3.8, 4) is 5.75 Å². The van der Waals surface area contributed by atoms with Crippen LogP contribution in [-0.2, 0) is 0 Å². The normalized spacial score (nSPS) is 12.7. The Labute approximate surface area is 118 Å². The van der Waals surface area contributed by atoms with E-state index in [1.54, 1.807) is 7.11 Å². The van der Waals surface area contributed by atoms with Crippen LogP contribution in [-0.4, -0.2) is 20.2 Å². The van der Waals surface area contributed by atoms with Crippen LogP contribution in [0.3, 0.4) is 0 Å². The lowest BCUT2D eigenvalue weighted by atomic mass is 9.82. The van der Waals surface area contributed by atoms with Crippen molar-refractivity contribution >= 4 is 0 Å². The monoisotopic (exact) mass is 263 g/mol. The van der Waals surface area contributed by atoms with Crippen LogP contribution >= 0.6 is 0 Å². The van der Waals surface area contributed by atoms with E-state index in [9.17, 15) is 0 Å². The molecule has 0 spiro atoms. The third kappa shape index (κ3) is 4.87. The van der Waals surface area contributed by atoms with Crippen LogP contribution in [0.2, 0.25) is 0 Å². The van der Waals surface area contributed by atoms with E-state index in [1.807, 2.05) is 6.07 Å². The number of benzene rings is 1. The fourth-order valence-corrected chi connectivity index (χ4v) is 2.72. The molecule has 1 atom stereocenters. The largest absolute Gasteiger partial charge is 0.497 e. The van der Waals surface area contributed by atoms with E-state index in [-0.39, 0.29) is 0 Å². The number of hydrogen-bond donors (Lipinski definition) is 1. The zero-order valence-electron chi connectivity index (χ0n) is 12.9. The van der Waals surface area contributed by atoms with Crippen LogP contribution in [0.15, 0.2) is 24.3 Å². The van der Waals surface area contributed by atoms with E-state index in [4.69, 9.17) is 4.74 Å². The number of hydrogen-bond acceptors (Lipinski definition) is 2. The summed E-state index contributed by atoms with van der Waals surface area (Å²) in [5, 5.41) is 3.58. The van der Waals surface area contributed by atoms with E-state index in [2.05, 4.69) is 44.3 Å². The molecule has 0 aromatic heterocycles. The van der Waals surface area contributed by atoms with Gasteiger partial charge in [0.25, 0.3) is 0 Å². The summed E-state index contributed by atoms with van der Waals surface area (Å²) < 4.78 is 5.36. The van der Waals surface area contributed by atoms with Gasteiger partial charge in [-0.25, -0.2) is 0 Å². The average Bonchev–Trinajstić information content (AvgIpc) is 2.47. The molecule has 0 heterocycles. The highest BCUT2D eigenvalue weighted by Gasteiger charge is 2.20. The highest BCUT2D eigenvalue weighted by Crippen LogP contribution is 2.31. The highest BCUT2D eigenvalue weighted by atomic mass is 16.5. The summed E-state index contributed by atoms with van der Waals surface area (Å²) in [5.41, 5.74) is 1.40. The average molecular weight is 263 g/mol. The molecule has 0 amide bonds. The van der Waals surface area contributed by atoms with Crippen molar-refractivity contribution in [2.75, 3.05) is 20.2 Å². The van der Waals surface area contributed by atoms with Gasteiger partial charge in [-0.15, -0.1) is 0 Å². The van der Waals surface area contributed by atoms with Crippen molar-refractivity contribution in [2.45, 2.75) is 46.0 Å². The Kier molecular flexibility index (Phi) is 7.57. The summed E-state index contributed by atoms with van der Waals surface area (Å²) in [6, 6.07) is 8.55. The highest BCUT2D eigenvalue weighted by molar-refractivity contribution is 5.31. The first-order valence-corrected chi connectivity index (χ1v) is 7.61. The molecule has 1 rings (SSSR count). The molecule has 108 valence electrons. The zero-order chi connectivity index (χ0) is 14.1. The second-order valence-corrected chi connectivity index (χ2v) is 5.16. The number of ether oxygens (including phenoxy) is 1. The van der Waals surface area contributed by atoms with Gasteiger partial charge in [0.15, 0.2) is 0 Å². The first kappa shape index (κ1) is 16.0. The molecule has 1 aromatic rings. The second kappa shape index (κ2) is 8.98. The molecule has 0 radical (unpaired) electrons. The lowest BCUT2D eigenvalue weighted by molar-refractivity contribution is 0.376. The molecular weight excluding hydrogens is 234 g/mol. The second-order valence-electron chi connectivity index (χ2n) is 5.16. The van der Waals surface area contributed by atoms with Crippen LogP contribution in [0.25, 0.3) is 0 Å². The molecule has 0 saturated carbocycles. The van der Waals surface area contributed by atoms with E-state index < -0.39 is 0 Å². The van der Waals surface area contributed by atoms with Gasteiger partial charge in [0.2, 0.25) is 0 Å². The fourth-order valence-electron chi connectivity index (χ4n) is 2.72. The third-order valence-corrected chi connectivity index (χ3v) is 3.93. The Morgan fingerprint density at radius 3 is 2.47 bits per heavy atom. The van der Waals surface area contributed by atoms with Gasteiger partial charge in [-0.05, 0) is 42.5 Å². The summed E-state index contributed by atoms with van der Waals surface area (Å²) >= 11 is 0. The Hall–Kier alpha value is -1.02. The molecule has 0 bridgehead atoms. The van der Waals surface area contributed by atoms with Crippen LogP contribution in [0, 0.1) is 5.92 Å². The maximum Gasteiger partial charge on any atom is 0.119 e. The first-order chi connectivity index (χ1) is 9.26. The minimum Gasteiger partial charge on any atom is -0.497 e. The standard InChI is InChI=1S/C17H29NO/c1-5-11-18-13-17(14(6-2)7-3)15-9-8-10-16(12-15)19-4/h8-10,12,14,17-18H,5-7,11,13H2,1-4H3. The Morgan fingerprint density at radius 2 is 1.89 bits per heavy atom. The summed E-state index contributed by atoms with van der Waals surface area (Å²) in [6.45, 7) is 8.96. The number of rotatable bonds is 9. The summed E-state index contributed by atoms with van der Waals surface area (Å²) in [6.07, 6.45) is 3.64. The molecular formula is C17H29NO. The van der Waals surface area contributed by atoms with Crippen LogP contribution < -0.4 is 10.1 Å². The van der Waals surface area contributed by atoms with Gasteiger partial charge < -0.3 is 10.1 Å². The molecule has 0 aliphatic rings. The Bertz CT molecular complexity index is 347. The lowest BCUT2D eigenvalue weighted by Crippen LogP contribution is -2.27. The molecule has 2 heteroatoms. The molecule has 1 aromatic carbocycles. The van der Waals surface area contributed by atoms with Gasteiger partial charge in [0, 0.05) is 6.54 Å². The summed E-state index contributed by atoms with van der Waals surface area (Å²) in [4.78, 5) is 0. The molecule has 0 saturated heterocycles. The minimum atomic E-state index is 0.580. The van der Waals surface area contributed by atoms with E-state index in [0.29, 0.717) is 5.92 Å². The van der Waals surface area contributed by atoms with Crippen molar-refractivity contribution in [1.82, 2.24) is 5.32 Å². The van der Waals surface area contributed by atoms with Crippen molar-refractivity contribution < 1.29 is 4.74 Å². The maximum atomic E-state index is 5.36. The first-order valence-electron chi connectivity index (χ1n) is 7.61. The molecule has 1 unspecified atom stereocenters. The van der Waals surface area contributed by atoms with E-state index >= 15 is 0 Å². The maximum absolute atomic E-state index is 5.36. The quantitative estimate of drug-likeness (QED) is 0.674. The fraction of sp³-hybridized carbons (Fsp3) is 0.647. The van der Waals surface area contributed by atoms with Crippen molar-refractivity contribution in [1.29, 1.82) is 0 Å². The summed E-state index contributed by atoms with van der Waals surface area (Å²) in [7, 11) is 1.74. The van der Waals surface area contributed by atoms with E-state index in [0.717, 1.165) is 24.8 Å². The molecule has 0 fully saturated rings. The van der Waals surface area contributed by atoms with Gasteiger partial charge in [-0.2, -0.15) is 0 Å². The SMILES string of the molecule is CCCNCC(c1cccc(OC)c1)C(CC)CC. The van der Waals surface area contributed by atoms with Gasteiger partial charge in [0.05, 0.1) is 7.11 Å². The lowest BCUT2D eigenvalue weighted by Gasteiger charge is -2.26. The predicted octanol–water partition coefficient (Wildman–Crippen LogP) is 4.21. The number of nitrogens with one attached hydrogen (secondary N) is 1. The van der Waals surface area contributed by atoms with Crippen LogP contribution in [0.1, 0.15) is 51.5 Å². The summed E-state index contributed by atoms with van der Waals surface area (Å²) in [5.74, 6) is 2.28. The van der Waals surface area contributed by atoms with Crippen LogP contribution in [0.4, 0.5) is 0 Å².